The second kappa shape index (κ2) is 9.02. The van der Waals surface area contributed by atoms with E-state index in [-0.39, 0.29) is 13.1 Å². The van der Waals surface area contributed by atoms with Crippen LogP contribution in [-0.2, 0) is 6.42 Å². The van der Waals surface area contributed by atoms with Gasteiger partial charge in [0.05, 0.1) is 20.2 Å². The first-order valence-corrected chi connectivity index (χ1v) is 10.5. The summed E-state index contributed by atoms with van der Waals surface area (Å²) in [7, 11) is 1.52. The number of quaternary nitrogens is 1. The normalized spacial score (nSPS) is 15.7. The molecule has 0 saturated carbocycles. The zero-order chi connectivity index (χ0) is 21.9. The number of hydroxylamine groups is 3. The van der Waals surface area contributed by atoms with Crippen LogP contribution in [-0.4, -0.2) is 49.0 Å². The molecule has 7 nitrogen and oxygen atoms in total. The maximum Gasteiger partial charge on any atom is 0.421 e. The van der Waals surface area contributed by atoms with E-state index in [1.807, 2.05) is 13.0 Å². The fourth-order valence-electron chi connectivity index (χ4n) is 3.97. The zero-order valence-corrected chi connectivity index (χ0v) is 18.6. The molecule has 1 saturated heterocycles. The highest BCUT2D eigenvalue weighted by Crippen LogP contribution is 2.28. The molecule has 3 rings (SSSR count). The van der Waals surface area contributed by atoms with Crippen molar-refractivity contribution < 1.29 is 14.2 Å². The van der Waals surface area contributed by atoms with Gasteiger partial charge in [0.1, 0.15) is 18.8 Å². The van der Waals surface area contributed by atoms with E-state index < -0.39 is 10.7 Å². The third-order valence-electron chi connectivity index (χ3n) is 5.61. The number of aryl methyl sites for hydroxylation is 4. The molecule has 162 valence electrons. The number of nitrogens with zero attached hydrogens (tertiary/aromatic N) is 3. The van der Waals surface area contributed by atoms with E-state index in [2.05, 4.69) is 54.2 Å². The molecule has 1 fully saturated rings. The number of urea groups is 1. The minimum atomic E-state index is -0.903. The average molecular weight is 413 g/mol. The Morgan fingerprint density at radius 1 is 1.17 bits per heavy atom. The van der Waals surface area contributed by atoms with Crippen molar-refractivity contribution in [3.05, 3.63) is 51.9 Å². The van der Waals surface area contributed by atoms with Crippen LogP contribution in [0, 0.1) is 26.0 Å². The van der Waals surface area contributed by atoms with Gasteiger partial charge in [0, 0.05) is 11.4 Å². The Labute approximate surface area is 178 Å². The standard InChI is InChI=1S/C23H32N4O3/c1-6-7-20-18(4)15-21(22(24-20)30-5)25-23(28)27(29)10-8-26(9-11-27)19-13-16(2)12-17(3)14-19/h12-15H,6-11H2,1-5H3,(H,25,28). The average Bonchev–Trinajstić information content (AvgIpc) is 2.69. The first-order chi connectivity index (χ1) is 14.3. The molecule has 1 aliphatic rings. The van der Waals surface area contributed by atoms with E-state index in [1.165, 1.54) is 18.2 Å². The van der Waals surface area contributed by atoms with Crippen LogP contribution >= 0.6 is 0 Å². The molecular formula is C23H32N4O3. The van der Waals surface area contributed by atoms with Crippen molar-refractivity contribution in [2.75, 3.05) is 43.5 Å². The van der Waals surface area contributed by atoms with Gasteiger partial charge in [0.2, 0.25) is 5.88 Å². The maximum absolute atomic E-state index is 13.2. The van der Waals surface area contributed by atoms with E-state index >= 15 is 0 Å². The molecule has 0 unspecified atom stereocenters. The van der Waals surface area contributed by atoms with Crippen molar-refractivity contribution >= 4 is 17.4 Å². The lowest BCUT2D eigenvalue weighted by Gasteiger charge is -2.45. The Morgan fingerprint density at radius 3 is 2.37 bits per heavy atom. The van der Waals surface area contributed by atoms with Crippen molar-refractivity contribution in [3.8, 4) is 5.88 Å². The number of hydrogen-bond acceptors (Lipinski definition) is 5. The fourth-order valence-corrected chi connectivity index (χ4v) is 3.97. The molecule has 7 heteroatoms. The monoisotopic (exact) mass is 412 g/mol. The minimum absolute atomic E-state index is 0.196. The number of hydrogen-bond donors (Lipinski definition) is 1. The van der Waals surface area contributed by atoms with Crippen LogP contribution in [0.4, 0.5) is 16.2 Å². The lowest BCUT2D eigenvalue weighted by atomic mass is 10.1. The van der Waals surface area contributed by atoms with E-state index in [1.54, 1.807) is 0 Å². The Morgan fingerprint density at radius 2 is 1.80 bits per heavy atom. The summed E-state index contributed by atoms with van der Waals surface area (Å²) in [5.74, 6) is 0.345. The van der Waals surface area contributed by atoms with Crippen molar-refractivity contribution in [1.82, 2.24) is 4.98 Å². The summed E-state index contributed by atoms with van der Waals surface area (Å²) in [6, 6.07) is 7.64. The van der Waals surface area contributed by atoms with Gasteiger partial charge < -0.3 is 14.8 Å². The fraction of sp³-hybridized carbons (Fsp3) is 0.478. The summed E-state index contributed by atoms with van der Waals surface area (Å²) >= 11 is 0. The van der Waals surface area contributed by atoms with Gasteiger partial charge >= 0.3 is 6.03 Å². The number of amides is 2. The molecule has 2 amide bonds. The molecule has 30 heavy (non-hydrogen) atoms. The van der Waals surface area contributed by atoms with Crippen LogP contribution < -0.4 is 15.0 Å². The van der Waals surface area contributed by atoms with E-state index in [0.717, 1.165) is 29.8 Å². The quantitative estimate of drug-likeness (QED) is 0.584. The van der Waals surface area contributed by atoms with Gasteiger partial charge in [-0.15, -0.1) is 0 Å². The molecule has 1 N–H and O–H groups in total. The predicted molar refractivity (Wildman–Crippen MR) is 120 cm³/mol. The Hall–Kier alpha value is -2.64. The zero-order valence-electron chi connectivity index (χ0n) is 18.6. The predicted octanol–water partition coefficient (Wildman–Crippen LogP) is 4.33. The summed E-state index contributed by atoms with van der Waals surface area (Å²) in [6.07, 6.45) is 1.81. The van der Waals surface area contributed by atoms with Crippen LogP contribution in [0.3, 0.4) is 0 Å². The van der Waals surface area contributed by atoms with Gasteiger partial charge in [-0.05, 0) is 62.1 Å². The number of ether oxygens (including phenoxy) is 1. The number of nitrogens with one attached hydrogen (secondary N) is 1. The molecule has 0 bridgehead atoms. The number of benzene rings is 1. The first kappa shape index (κ1) is 22.1. The molecule has 1 aromatic heterocycles. The number of pyridine rings is 1. The lowest BCUT2D eigenvalue weighted by molar-refractivity contribution is -0.797. The van der Waals surface area contributed by atoms with Gasteiger partial charge in [0.25, 0.3) is 0 Å². The number of anilines is 2. The van der Waals surface area contributed by atoms with E-state index in [0.29, 0.717) is 24.7 Å². The second-order valence-corrected chi connectivity index (χ2v) is 8.16. The molecular weight excluding hydrogens is 380 g/mol. The smallest absolute Gasteiger partial charge is 0.421 e. The third-order valence-corrected chi connectivity index (χ3v) is 5.61. The summed E-state index contributed by atoms with van der Waals surface area (Å²) in [6.45, 7) is 9.63. The number of methoxy groups -OCH3 is 1. The van der Waals surface area contributed by atoms with Crippen LogP contribution in [0.2, 0.25) is 0 Å². The highest BCUT2D eigenvalue weighted by Gasteiger charge is 2.33. The lowest BCUT2D eigenvalue weighted by Crippen LogP contribution is -2.60. The van der Waals surface area contributed by atoms with Gasteiger partial charge in [-0.1, -0.05) is 19.4 Å². The van der Waals surface area contributed by atoms with Crippen LogP contribution in [0.25, 0.3) is 0 Å². The van der Waals surface area contributed by atoms with Crippen molar-refractivity contribution in [2.24, 2.45) is 0 Å². The van der Waals surface area contributed by atoms with Crippen molar-refractivity contribution in [2.45, 2.75) is 40.5 Å². The number of carbonyl (C=O) groups is 1. The molecule has 2 heterocycles. The summed E-state index contributed by atoms with van der Waals surface area (Å²) in [5.41, 5.74) is 5.86. The van der Waals surface area contributed by atoms with Gasteiger partial charge in [-0.3, -0.25) is 9.96 Å². The molecule has 0 atom stereocenters. The molecule has 2 aromatic rings. The van der Waals surface area contributed by atoms with Crippen molar-refractivity contribution in [3.63, 3.8) is 0 Å². The third kappa shape index (κ3) is 4.74. The topological polar surface area (TPSA) is 77.5 Å². The largest absolute Gasteiger partial charge is 0.624 e. The highest BCUT2D eigenvalue weighted by atomic mass is 16.6. The Bertz CT molecular complexity index is 901. The van der Waals surface area contributed by atoms with Gasteiger partial charge in [-0.25, -0.2) is 9.78 Å². The summed E-state index contributed by atoms with van der Waals surface area (Å²) in [4.78, 5) is 19.6. The van der Waals surface area contributed by atoms with Gasteiger partial charge in [-0.2, -0.15) is 0 Å². The first-order valence-electron chi connectivity index (χ1n) is 10.5. The number of aromatic nitrogens is 1. The molecule has 1 aliphatic heterocycles. The SMILES string of the molecule is CCCc1nc(OC)c(NC(=O)[N+]2([O-])CCN(c3cc(C)cc(C)c3)CC2)cc1C. The molecule has 0 radical (unpaired) electrons. The molecule has 1 aromatic carbocycles. The highest BCUT2D eigenvalue weighted by molar-refractivity contribution is 5.86. The van der Waals surface area contributed by atoms with Crippen molar-refractivity contribution in [1.29, 1.82) is 0 Å². The van der Waals surface area contributed by atoms with Crippen LogP contribution in [0.5, 0.6) is 5.88 Å². The molecule has 0 spiro atoms. The van der Waals surface area contributed by atoms with Gasteiger partial charge in [0.15, 0.2) is 0 Å². The summed E-state index contributed by atoms with van der Waals surface area (Å²) < 4.78 is 4.46. The molecule has 0 aliphatic carbocycles. The number of rotatable bonds is 5. The minimum Gasteiger partial charge on any atom is -0.624 e. The van der Waals surface area contributed by atoms with E-state index in [9.17, 15) is 10.0 Å². The van der Waals surface area contributed by atoms with Crippen LogP contribution in [0.15, 0.2) is 24.3 Å². The number of carbonyl (C=O) groups excluding carboxylic acids is 1. The Kier molecular flexibility index (Phi) is 6.63. The maximum atomic E-state index is 13.2. The van der Waals surface area contributed by atoms with E-state index in [4.69, 9.17) is 4.74 Å². The second-order valence-electron chi connectivity index (χ2n) is 8.16. The Balaban J connectivity index is 1.71. The summed E-state index contributed by atoms with van der Waals surface area (Å²) in [5, 5.41) is 16.0. The van der Waals surface area contributed by atoms with Crippen LogP contribution in [0.1, 0.15) is 35.7 Å². The number of piperazine rings is 1.